The standard InChI is InChI=1S/C13H21Cl2FO3/c1-10(17)11(12(18)19-2)9-13(16,5-3-7-14)6-4-8-15/h11H,3-9H2,1-2H3. The van der Waals surface area contributed by atoms with Gasteiger partial charge in [-0.25, -0.2) is 4.39 Å². The third kappa shape index (κ3) is 7.11. The van der Waals surface area contributed by atoms with Crippen molar-refractivity contribution >= 4 is 35.0 Å². The number of carbonyl (C=O) groups is 2. The SMILES string of the molecule is COC(=O)C(CC(F)(CCCCl)CCCCl)C(C)=O. The molecule has 112 valence electrons. The van der Waals surface area contributed by atoms with Crippen LogP contribution in [0.15, 0.2) is 0 Å². The second kappa shape index (κ2) is 9.54. The maximum Gasteiger partial charge on any atom is 0.316 e. The molecule has 0 spiro atoms. The molecule has 0 aromatic rings. The molecule has 0 amide bonds. The Kier molecular flexibility index (Phi) is 9.36. The lowest BCUT2D eigenvalue weighted by Gasteiger charge is -2.27. The number of hydrogen-bond acceptors (Lipinski definition) is 3. The number of methoxy groups -OCH3 is 1. The molecule has 1 unspecified atom stereocenters. The van der Waals surface area contributed by atoms with E-state index in [4.69, 9.17) is 23.2 Å². The van der Waals surface area contributed by atoms with E-state index in [1.165, 1.54) is 14.0 Å². The van der Waals surface area contributed by atoms with Crippen LogP contribution in [-0.2, 0) is 14.3 Å². The average Bonchev–Trinajstić information content (AvgIpc) is 2.39. The van der Waals surface area contributed by atoms with Gasteiger partial charge < -0.3 is 4.74 Å². The Bertz CT molecular complexity index is 290. The molecular weight excluding hydrogens is 294 g/mol. The molecule has 0 bridgehead atoms. The number of ketones is 1. The first kappa shape index (κ1) is 18.7. The van der Waals surface area contributed by atoms with Gasteiger partial charge in [0.15, 0.2) is 0 Å². The molecule has 0 radical (unpaired) electrons. The molecule has 0 aliphatic carbocycles. The molecule has 0 N–H and O–H groups in total. The summed E-state index contributed by atoms with van der Waals surface area (Å²) in [6.45, 7) is 1.27. The maximum atomic E-state index is 14.8. The normalized spacial score (nSPS) is 13.1. The minimum absolute atomic E-state index is 0.164. The third-order valence-corrected chi connectivity index (χ3v) is 3.60. The van der Waals surface area contributed by atoms with Crippen molar-refractivity contribution in [2.24, 2.45) is 5.92 Å². The highest BCUT2D eigenvalue weighted by Crippen LogP contribution is 2.33. The summed E-state index contributed by atoms with van der Waals surface area (Å²) < 4.78 is 19.3. The molecule has 0 saturated carbocycles. The number of alkyl halides is 3. The van der Waals surface area contributed by atoms with Gasteiger partial charge in [0.25, 0.3) is 0 Å². The van der Waals surface area contributed by atoms with Crippen molar-refractivity contribution in [3.63, 3.8) is 0 Å². The number of rotatable bonds is 10. The first-order valence-corrected chi connectivity index (χ1v) is 7.36. The van der Waals surface area contributed by atoms with Gasteiger partial charge in [-0.3, -0.25) is 9.59 Å². The zero-order chi connectivity index (χ0) is 14.9. The van der Waals surface area contributed by atoms with E-state index in [0.29, 0.717) is 24.6 Å². The van der Waals surface area contributed by atoms with Crippen molar-refractivity contribution in [3.8, 4) is 0 Å². The Balaban J connectivity index is 4.82. The monoisotopic (exact) mass is 314 g/mol. The summed E-state index contributed by atoms with van der Waals surface area (Å²) in [5.74, 6) is -1.44. The molecule has 1 atom stereocenters. The van der Waals surface area contributed by atoms with E-state index in [0.717, 1.165) is 0 Å². The van der Waals surface area contributed by atoms with Gasteiger partial charge in [0.1, 0.15) is 17.4 Å². The maximum absolute atomic E-state index is 14.8. The van der Waals surface area contributed by atoms with Crippen molar-refractivity contribution in [1.29, 1.82) is 0 Å². The molecular formula is C13H21Cl2FO3. The van der Waals surface area contributed by atoms with Gasteiger partial charge in [0, 0.05) is 18.2 Å². The van der Waals surface area contributed by atoms with Crippen LogP contribution >= 0.6 is 23.2 Å². The van der Waals surface area contributed by atoms with Gasteiger partial charge in [-0.15, -0.1) is 23.2 Å². The number of ether oxygens (including phenoxy) is 1. The minimum Gasteiger partial charge on any atom is -0.468 e. The highest BCUT2D eigenvalue weighted by atomic mass is 35.5. The fourth-order valence-corrected chi connectivity index (χ4v) is 2.26. The zero-order valence-corrected chi connectivity index (χ0v) is 12.9. The summed E-state index contributed by atoms with van der Waals surface area (Å²) in [7, 11) is 1.19. The molecule has 0 aromatic carbocycles. The second-order valence-electron chi connectivity index (χ2n) is 4.63. The summed E-state index contributed by atoms with van der Waals surface area (Å²) in [5, 5.41) is 0. The Morgan fingerprint density at radius 3 is 2.00 bits per heavy atom. The molecule has 0 aliphatic heterocycles. The largest absolute Gasteiger partial charge is 0.468 e. The van der Waals surface area contributed by atoms with E-state index in [2.05, 4.69) is 4.74 Å². The highest BCUT2D eigenvalue weighted by molar-refractivity contribution is 6.18. The summed E-state index contributed by atoms with van der Waals surface area (Å²) in [4.78, 5) is 23.0. The first-order chi connectivity index (χ1) is 8.90. The Labute approximate surface area is 123 Å². The molecule has 0 aliphatic rings. The summed E-state index contributed by atoms with van der Waals surface area (Å²) >= 11 is 11.2. The minimum atomic E-state index is -1.60. The molecule has 6 heteroatoms. The van der Waals surface area contributed by atoms with E-state index in [9.17, 15) is 14.0 Å². The van der Waals surface area contributed by atoms with E-state index in [1.807, 2.05) is 0 Å². The quantitative estimate of drug-likeness (QED) is 0.352. The number of halogens is 3. The van der Waals surface area contributed by atoms with E-state index in [1.54, 1.807) is 0 Å². The first-order valence-electron chi connectivity index (χ1n) is 6.29. The van der Waals surface area contributed by atoms with E-state index < -0.39 is 17.6 Å². The van der Waals surface area contributed by atoms with Gasteiger partial charge in [0.2, 0.25) is 0 Å². The second-order valence-corrected chi connectivity index (χ2v) is 5.38. The predicted octanol–water partition coefficient (Wildman–Crippen LogP) is 3.50. The number of hydrogen-bond donors (Lipinski definition) is 0. The van der Waals surface area contributed by atoms with Gasteiger partial charge in [-0.2, -0.15) is 0 Å². The summed E-state index contributed by atoms with van der Waals surface area (Å²) in [5.41, 5.74) is -1.60. The van der Waals surface area contributed by atoms with Crippen LogP contribution in [-0.4, -0.2) is 36.3 Å². The molecule has 0 aromatic heterocycles. The average molecular weight is 315 g/mol. The Hall–Kier alpha value is -0.350. The van der Waals surface area contributed by atoms with Gasteiger partial charge in [-0.1, -0.05) is 0 Å². The van der Waals surface area contributed by atoms with Crippen molar-refractivity contribution in [2.45, 2.75) is 44.7 Å². The Morgan fingerprint density at radius 2 is 1.68 bits per heavy atom. The molecule has 19 heavy (non-hydrogen) atoms. The Morgan fingerprint density at radius 1 is 1.21 bits per heavy atom. The van der Waals surface area contributed by atoms with Crippen LogP contribution in [0.1, 0.15) is 39.0 Å². The molecule has 0 saturated heterocycles. The summed E-state index contributed by atoms with van der Waals surface area (Å²) in [6, 6.07) is 0. The zero-order valence-electron chi connectivity index (χ0n) is 11.4. The fraction of sp³-hybridized carbons (Fsp3) is 0.846. The fourth-order valence-electron chi connectivity index (χ4n) is 2.00. The molecule has 0 fully saturated rings. The van der Waals surface area contributed by atoms with Crippen LogP contribution in [0.25, 0.3) is 0 Å². The lowest BCUT2D eigenvalue weighted by molar-refractivity contribution is -0.150. The lowest BCUT2D eigenvalue weighted by Crippen LogP contribution is -2.34. The lowest BCUT2D eigenvalue weighted by atomic mass is 9.83. The van der Waals surface area contributed by atoms with Crippen LogP contribution in [0.3, 0.4) is 0 Å². The van der Waals surface area contributed by atoms with Crippen molar-refractivity contribution in [2.75, 3.05) is 18.9 Å². The van der Waals surface area contributed by atoms with Gasteiger partial charge in [-0.05, 0) is 32.6 Å². The van der Waals surface area contributed by atoms with E-state index in [-0.39, 0.29) is 25.0 Å². The van der Waals surface area contributed by atoms with Crippen LogP contribution in [0.5, 0.6) is 0 Å². The molecule has 0 heterocycles. The van der Waals surface area contributed by atoms with Gasteiger partial charge in [0.05, 0.1) is 7.11 Å². The number of carbonyl (C=O) groups excluding carboxylic acids is 2. The third-order valence-electron chi connectivity index (χ3n) is 3.06. The van der Waals surface area contributed by atoms with Crippen LogP contribution in [0.2, 0.25) is 0 Å². The number of esters is 1. The van der Waals surface area contributed by atoms with Crippen LogP contribution in [0.4, 0.5) is 4.39 Å². The number of Topliss-reactive ketones (excluding diaryl/α,β-unsaturated/α-hetero) is 1. The molecule has 0 rings (SSSR count). The topological polar surface area (TPSA) is 43.4 Å². The van der Waals surface area contributed by atoms with Gasteiger partial charge >= 0.3 is 5.97 Å². The molecule has 3 nitrogen and oxygen atoms in total. The van der Waals surface area contributed by atoms with Crippen LogP contribution < -0.4 is 0 Å². The summed E-state index contributed by atoms with van der Waals surface area (Å²) in [6.07, 6.45) is 1.25. The predicted molar refractivity (Wildman–Crippen MR) is 74.6 cm³/mol. The van der Waals surface area contributed by atoms with Crippen molar-refractivity contribution < 1.29 is 18.7 Å². The smallest absolute Gasteiger partial charge is 0.316 e. The van der Waals surface area contributed by atoms with Crippen molar-refractivity contribution in [1.82, 2.24) is 0 Å². The van der Waals surface area contributed by atoms with Crippen molar-refractivity contribution in [3.05, 3.63) is 0 Å². The van der Waals surface area contributed by atoms with E-state index >= 15 is 0 Å². The highest BCUT2D eigenvalue weighted by Gasteiger charge is 2.37. The van der Waals surface area contributed by atoms with Crippen LogP contribution in [0, 0.1) is 5.92 Å².